The van der Waals surface area contributed by atoms with Crippen LogP contribution in [0.2, 0.25) is 0 Å². The van der Waals surface area contributed by atoms with Crippen LogP contribution in [-0.4, -0.2) is 14.7 Å². The molecule has 1 aromatic heterocycles. The minimum absolute atomic E-state index is 0.321. The maximum absolute atomic E-state index is 13.4. The van der Waals surface area contributed by atoms with Gasteiger partial charge in [-0.1, -0.05) is 6.07 Å². The van der Waals surface area contributed by atoms with Crippen LogP contribution >= 0.6 is 31.9 Å². The van der Waals surface area contributed by atoms with Gasteiger partial charge in [-0.25, -0.2) is 0 Å². The van der Waals surface area contributed by atoms with Crippen LogP contribution in [-0.2, 0) is 6.54 Å². The monoisotopic (exact) mass is 377 g/mol. The highest BCUT2D eigenvalue weighted by Crippen LogP contribution is 2.21. The largest absolute Gasteiger partial charge is 0.304 e. The van der Waals surface area contributed by atoms with E-state index in [2.05, 4.69) is 37.0 Å². The van der Waals surface area contributed by atoms with Gasteiger partial charge in [0.1, 0.15) is 9.21 Å². The summed E-state index contributed by atoms with van der Waals surface area (Å²) in [5.74, 6) is -0.847. The third-order valence-electron chi connectivity index (χ3n) is 2.24. The van der Waals surface area contributed by atoms with Gasteiger partial charge in [0, 0.05) is 12.1 Å². The molecule has 0 saturated carbocycles. The first-order valence-electron chi connectivity index (χ1n) is 4.79. The lowest BCUT2D eigenvalue weighted by Crippen LogP contribution is -2.03. The van der Waals surface area contributed by atoms with Crippen molar-refractivity contribution in [1.29, 1.82) is 0 Å². The molecule has 5 nitrogen and oxygen atoms in total. The molecule has 2 rings (SSSR count). The quantitative estimate of drug-likeness (QED) is 0.606. The molecule has 0 unspecified atom stereocenters. The van der Waals surface area contributed by atoms with Gasteiger partial charge in [-0.15, -0.1) is 0 Å². The summed E-state index contributed by atoms with van der Waals surface area (Å²) in [6, 6.07) is 5.54. The molecule has 1 heterocycles. The summed E-state index contributed by atoms with van der Waals surface area (Å²) in [5, 5.41) is 14.6. The van der Waals surface area contributed by atoms with E-state index in [9.17, 15) is 14.5 Å². The van der Waals surface area contributed by atoms with Crippen molar-refractivity contribution in [2.24, 2.45) is 0 Å². The first-order chi connectivity index (χ1) is 8.47. The van der Waals surface area contributed by atoms with Crippen LogP contribution in [0.25, 0.3) is 0 Å². The van der Waals surface area contributed by atoms with Crippen molar-refractivity contribution in [3.8, 4) is 0 Å². The Balaban J connectivity index is 2.28. The van der Waals surface area contributed by atoms with Gasteiger partial charge in [-0.2, -0.15) is 9.49 Å². The number of rotatable bonds is 3. The molecule has 1 aromatic carbocycles. The van der Waals surface area contributed by atoms with Crippen LogP contribution in [0.4, 0.5) is 10.1 Å². The second-order valence-electron chi connectivity index (χ2n) is 3.49. The fraction of sp³-hybridized carbons (Fsp3) is 0.100. The van der Waals surface area contributed by atoms with Crippen molar-refractivity contribution in [1.82, 2.24) is 9.78 Å². The smallest absolute Gasteiger partial charge is 0.258 e. The SMILES string of the molecule is O=[N+]([O-])c1ccc(Cn2nc(Br)cc2Br)cc1F. The Morgan fingerprint density at radius 2 is 2.11 bits per heavy atom. The highest BCUT2D eigenvalue weighted by molar-refractivity contribution is 9.11. The fourth-order valence-electron chi connectivity index (χ4n) is 1.45. The van der Waals surface area contributed by atoms with Crippen molar-refractivity contribution < 1.29 is 9.31 Å². The number of hydrogen-bond donors (Lipinski definition) is 0. The molecule has 0 fully saturated rings. The molecule has 0 saturated heterocycles. The highest BCUT2D eigenvalue weighted by atomic mass is 79.9. The van der Waals surface area contributed by atoms with Gasteiger partial charge in [0.25, 0.3) is 0 Å². The molecule has 0 amide bonds. The average Bonchev–Trinajstić information content (AvgIpc) is 2.57. The molecular weight excluding hydrogens is 373 g/mol. The molecule has 2 aromatic rings. The second-order valence-corrected chi connectivity index (χ2v) is 5.12. The van der Waals surface area contributed by atoms with Crippen molar-refractivity contribution in [3.05, 3.63) is 55.0 Å². The maximum Gasteiger partial charge on any atom is 0.304 e. The number of halogens is 3. The van der Waals surface area contributed by atoms with E-state index in [-0.39, 0.29) is 0 Å². The molecule has 0 aliphatic rings. The maximum atomic E-state index is 13.4. The van der Waals surface area contributed by atoms with Crippen molar-refractivity contribution >= 4 is 37.5 Å². The van der Waals surface area contributed by atoms with Crippen LogP contribution in [0.1, 0.15) is 5.56 Å². The predicted molar refractivity (Wildman–Crippen MR) is 69.8 cm³/mol. The lowest BCUT2D eigenvalue weighted by molar-refractivity contribution is -0.387. The number of hydrogen-bond acceptors (Lipinski definition) is 3. The summed E-state index contributed by atoms with van der Waals surface area (Å²) >= 11 is 6.52. The van der Waals surface area contributed by atoms with E-state index in [0.29, 0.717) is 16.7 Å². The van der Waals surface area contributed by atoms with Gasteiger partial charge in [0.05, 0.1) is 11.5 Å². The summed E-state index contributed by atoms with van der Waals surface area (Å²) in [4.78, 5) is 9.73. The molecule has 0 atom stereocenters. The molecule has 0 aliphatic heterocycles. The second kappa shape index (κ2) is 5.15. The molecule has 0 N–H and O–H groups in total. The highest BCUT2D eigenvalue weighted by Gasteiger charge is 2.14. The Kier molecular flexibility index (Phi) is 3.76. The molecule has 18 heavy (non-hydrogen) atoms. The summed E-state index contributed by atoms with van der Waals surface area (Å²) in [6.45, 7) is 0.321. The molecular formula is C10H6Br2FN3O2. The number of nitro benzene ring substituents is 1. The molecule has 0 bridgehead atoms. The topological polar surface area (TPSA) is 61.0 Å². The summed E-state index contributed by atoms with van der Waals surface area (Å²) in [5.41, 5.74) is 0.0638. The Morgan fingerprint density at radius 3 is 2.61 bits per heavy atom. The molecule has 0 radical (unpaired) electrons. The molecule has 0 spiro atoms. The van der Waals surface area contributed by atoms with E-state index in [1.807, 2.05) is 0 Å². The first kappa shape index (κ1) is 13.2. The molecule has 0 aliphatic carbocycles. The Labute approximate surface area is 118 Å². The minimum Gasteiger partial charge on any atom is -0.258 e. The van der Waals surface area contributed by atoms with Crippen molar-refractivity contribution in [2.75, 3.05) is 0 Å². The van der Waals surface area contributed by atoms with Crippen molar-refractivity contribution in [2.45, 2.75) is 6.54 Å². The van der Waals surface area contributed by atoms with Gasteiger partial charge in [-0.3, -0.25) is 14.8 Å². The number of aromatic nitrogens is 2. The normalized spacial score (nSPS) is 10.6. The van der Waals surface area contributed by atoms with E-state index in [1.54, 1.807) is 10.7 Å². The van der Waals surface area contributed by atoms with Crippen LogP contribution in [0, 0.1) is 15.9 Å². The van der Waals surface area contributed by atoms with Crippen LogP contribution in [0.3, 0.4) is 0 Å². The minimum atomic E-state index is -0.847. The summed E-state index contributed by atoms with van der Waals surface area (Å²) < 4.78 is 16.4. The third kappa shape index (κ3) is 2.75. The third-order valence-corrected chi connectivity index (χ3v) is 3.27. The average molecular weight is 379 g/mol. The fourth-order valence-corrected chi connectivity index (χ4v) is 2.58. The Bertz CT molecular complexity index is 615. The van der Waals surface area contributed by atoms with Crippen LogP contribution in [0.5, 0.6) is 0 Å². The Hall–Kier alpha value is -1.28. The first-order valence-corrected chi connectivity index (χ1v) is 6.37. The van der Waals surface area contributed by atoms with Crippen LogP contribution in [0.15, 0.2) is 33.5 Å². The van der Waals surface area contributed by atoms with Gasteiger partial charge >= 0.3 is 5.69 Å². The van der Waals surface area contributed by atoms with Crippen LogP contribution < -0.4 is 0 Å². The zero-order valence-corrected chi connectivity index (χ0v) is 12.0. The van der Waals surface area contributed by atoms with E-state index >= 15 is 0 Å². The van der Waals surface area contributed by atoms with Gasteiger partial charge in [0.15, 0.2) is 0 Å². The van der Waals surface area contributed by atoms with Gasteiger partial charge in [0.2, 0.25) is 5.82 Å². The zero-order chi connectivity index (χ0) is 13.3. The van der Waals surface area contributed by atoms with Crippen molar-refractivity contribution in [3.63, 3.8) is 0 Å². The lowest BCUT2D eigenvalue weighted by atomic mass is 10.2. The predicted octanol–water partition coefficient (Wildman–Crippen LogP) is 3.50. The van der Waals surface area contributed by atoms with E-state index in [4.69, 9.17) is 0 Å². The zero-order valence-electron chi connectivity index (χ0n) is 8.81. The van der Waals surface area contributed by atoms with E-state index in [1.165, 1.54) is 6.07 Å². The summed E-state index contributed by atoms with van der Waals surface area (Å²) in [6.07, 6.45) is 0. The van der Waals surface area contributed by atoms with E-state index < -0.39 is 16.4 Å². The number of nitro groups is 1. The standard InChI is InChI=1S/C10H6Br2FN3O2/c11-9-4-10(12)15(14-9)5-6-1-2-8(16(17)18)7(13)3-6/h1-4H,5H2. The Morgan fingerprint density at radius 1 is 1.39 bits per heavy atom. The van der Waals surface area contributed by atoms with Gasteiger partial charge in [-0.05, 0) is 43.5 Å². The number of nitrogens with zero attached hydrogens (tertiary/aromatic N) is 3. The number of benzene rings is 1. The molecule has 8 heteroatoms. The lowest BCUT2D eigenvalue weighted by Gasteiger charge is -2.04. The summed E-state index contributed by atoms with van der Waals surface area (Å²) in [7, 11) is 0. The molecule has 94 valence electrons. The van der Waals surface area contributed by atoms with E-state index in [0.717, 1.165) is 16.7 Å². The van der Waals surface area contributed by atoms with Gasteiger partial charge < -0.3 is 0 Å².